The first-order valence-corrected chi connectivity index (χ1v) is 10.7. The summed E-state index contributed by atoms with van der Waals surface area (Å²) in [6.07, 6.45) is 3.56. The van der Waals surface area contributed by atoms with E-state index in [-0.39, 0.29) is 4.90 Å². The molecule has 1 aromatic heterocycles. The molecule has 0 radical (unpaired) electrons. The van der Waals surface area contributed by atoms with Gasteiger partial charge in [-0.25, -0.2) is 13.2 Å². The van der Waals surface area contributed by atoms with Crippen LogP contribution >= 0.6 is 11.6 Å². The molecule has 0 saturated carbocycles. The van der Waals surface area contributed by atoms with Crippen molar-refractivity contribution < 1.29 is 18.4 Å². The Bertz CT molecular complexity index is 1200. The highest BCUT2D eigenvalue weighted by molar-refractivity contribution is 7.90. The number of rotatable bonds is 5. The Morgan fingerprint density at radius 3 is 2.38 bits per heavy atom. The summed E-state index contributed by atoms with van der Waals surface area (Å²) in [6.45, 7) is 3.39. The minimum absolute atomic E-state index is 0.0858. The fourth-order valence-electron chi connectivity index (χ4n) is 2.86. The van der Waals surface area contributed by atoms with Gasteiger partial charge in [-0.15, -0.1) is 5.10 Å². The Balaban J connectivity index is 2.33. The van der Waals surface area contributed by atoms with Crippen LogP contribution in [0.2, 0.25) is 5.02 Å². The number of halogens is 1. The zero-order valence-electron chi connectivity index (χ0n) is 15.8. The third-order valence-corrected chi connectivity index (χ3v) is 5.80. The fraction of sp³-hybridized carbons (Fsp3) is 0.100. The van der Waals surface area contributed by atoms with Gasteiger partial charge in [-0.3, -0.25) is 0 Å². The van der Waals surface area contributed by atoms with Crippen molar-refractivity contribution >= 4 is 27.3 Å². The quantitative estimate of drug-likeness (QED) is 0.288. The van der Waals surface area contributed by atoms with E-state index in [1.807, 2.05) is 0 Å². The molecule has 150 valence electrons. The summed E-state index contributed by atoms with van der Waals surface area (Å²) in [7, 11) is -2.32. The van der Waals surface area contributed by atoms with E-state index in [1.54, 1.807) is 42.5 Å². The molecule has 0 spiro atoms. The lowest BCUT2D eigenvalue weighted by molar-refractivity contribution is -0.184. The monoisotopic (exact) mass is 432 g/mol. The number of hydrogen-bond donors (Lipinski definition) is 1. The summed E-state index contributed by atoms with van der Waals surface area (Å²) in [5.41, 5.74) is 1.85. The zero-order chi connectivity index (χ0) is 21.4. The van der Waals surface area contributed by atoms with Gasteiger partial charge in [-0.2, -0.15) is 5.21 Å². The van der Waals surface area contributed by atoms with Gasteiger partial charge in [0.1, 0.15) is 12.7 Å². The number of hydrogen-bond acceptors (Lipinski definition) is 5. The third kappa shape index (κ3) is 4.01. The third-order valence-electron chi connectivity index (χ3n) is 4.39. The number of nitrogens with zero attached hydrogens (tertiary/aromatic N) is 3. The first-order chi connectivity index (χ1) is 13.6. The molecule has 1 atom stereocenters. The molecule has 29 heavy (non-hydrogen) atoms. The van der Waals surface area contributed by atoms with Gasteiger partial charge in [0.25, 0.3) is 0 Å². The van der Waals surface area contributed by atoms with Crippen LogP contribution in [0, 0.1) is 0 Å². The Labute approximate surface area is 173 Å². The van der Waals surface area contributed by atoms with Crippen LogP contribution < -0.4 is 4.76 Å². The van der Waals surface area contributed by atoms with Gasteiger partial charge in [0.15, 0.2) is 9.84 Å². The number of aromatic nitrogens is 2. The molecule has 3 aromatic rings. The Morgan fingerprint density at radius 2 is 1.79 bits per heavy atom. The first-order valence-electron chi connectivity index (χ1n) is 8.48. The van der Waals surface area contributed by atoms with Crippen molar-refractivity contribution in [3.63, 3.8) is 0 Å². The first kappa shape index (κ1) is 20.9. The number of amides is 1. The summed E-state index contributed by atoms with van der Waals surface area (Å²) in [4.78, 5) is 13.3. The minimum Gasteiger partial charge on any atom is -0.224 e. The lowest BCUT2D eigenvalue weighted by Gasteiger charge is -2.19. The summed E-state index contributed by atoms with van der Waals surface area (Å²) in [6, 6.07) is 13.3. The molecule has 0 bridgehead atoms. The predicted molar refractivity (Wildman–Crippen MR) is 112 cm³/mol. The van der Waals surface area contributed by atoms with Crippen LogP contribution in [-0.2, 0) is 14.6 Å². The van der Waals surface area contributed by atoms with Crippen LogP contribution in [0.5, 0.6) is 0 Å². The summed E-state index contributed by atoms with van der Waals surface area (Å²) < 4.78 is 23.4. The smallest absolute Gasteiger partial charge is 0.224 e. The van der Waals surface area contributed by atoms with E-state index < -0.39 is 20.5 Å². The number of carbonyl (C=O) groups excluding carboxylic acids is 1. The molecule has 7 nitrogen and oxygen atoms in total. The normalized spacial score (nSPS) is 13.7. The molecule has 1 N–H and O–H groups in total. The molecular weight excluding hydrogens is 414 g/mol. The number of hydroxylamine groups is 2. The van der Waals surface area contributed by atoms with Crippen LogP contribution in [0.1, 0.15) is 0 Å². The molecule has 0 aliphatic heterocycles. The van der Waals surface area contributed by atoms with Crippen LogP contribution in [0.3, 0.4) is 0 Å². The predicted octanol–water partition coefficient (Wildman–Crippen LogP) is 3.44. The highest BCUT2D eigenvalue weighted by Gasteiger charge is 2.34. The molecule has 3 rings (SSSR count). The SMILES string of the molecule is C=CC(=O)[N+](C)(O)n1cc(-c2ccc(Cl)cc2)c(-c2ccccc2S(C)(=O)=O)n1. The van der Waals surface area contributed by atoms with E-state index in [0.29, 0.717) is 27.4 Å². The minimum atomic E-state index is -3.56. The molecule has 2 aromatic carbocycles. The molecule has 0 fully saturated rings. The molecule has 0 aliphatic rings. The van der Waals surface area contributed by atoms with Gasteiger partial charge in [0, 0.05) is 28.5 Å². The highest BCUT2D eigenvalue weighted by Crippen LogP contribution is 2.35. The molecule has 1 unspecified atom stereocenters. The second kappa shape index (κ2) is 7.57. The van der Waals surface area contributed by atoms with Crippen molar-refractivity contribution in [3.05, 3.63) is 72.4 Å². The molecule has 0 saturated heterocycles. The van der Waals surface area contributed by atoms with Crippen molar-refractivity contribution in [1.29, 1.82) is 0 Å². The standard InChI is InChI=1S/C20H19ClN3O4S/c1-4-19(25)24(2,26)23-13-17(14-9-11-15(21)12-10-14)20(22-23)16-7-5-6-8-18(16)29(3,27)28/h4-13,26H,1H2,2-3H3/q+1. The average Bonchev–Trinajstić information content (AvgIpc) is 3.13. The summed E-state index contributed by atoms with van der Waals surface area (Å²) >= 11 is 5.98. The van der Waals surface area contributed by atoms with Crippen molar-refractivity contribution in [2.24, 2.45) is 0 Å². The van der Waals surface area contributed by atoms with E-state index in [9.17, 15) is 18.4 Å². The number of carbonyl (C=O) groups is 1. The second-order valence-corrected chi connectivity index (χ2v) is 8.96. The lowest BCUT2D eigenvalue weighted by atomic mass is 10.0. The Kier molecular flexibility index (Phi) is 5.46. The van der Waals surface area contributed by atoms with Crippen molar-refractivity contribution in [3.8, 4) is 22.4 Å². The van der Waals surface area contributed by atoms with Gasteiger partial charge in [-0.1, -0.05) is 53.3 Å². The maximum Gasteiger partial charge on any atom is 0.396 e. The molecular formula is C20H19ClN3O4S+. The van der Waals surface area contributed by atoms with Crippen LogP contribution in [-0.4, -0.2) is 42.7 Å². The maximum absolute atomic E-state index is 12.3. The summed E-state index contributed by atoms with van der Waals surface area (Å²) in [5.74, 6) is -0.710. The summed E-state index contributed by atoms with van der Waals surface area (Å²) in [5, 5.41) is 15.5. The lowest BCUT2D eigenvalue weighted by Crippen LogP contribution is -2.55. The molecule has 1 heterocycles. The maximum atomic E-state index is 12.3. The van der Waals surface area contributed by atoms with Crippen molar-refractivity contribution in [2.75, 3.05) is 13.3 Å². The van der Waals surface area contributed by atoms with E-state index in [4.69, 9.17) is 11.6 Å². The van der Waals surface area contributed by atoms with E-state index >= 15 is 0 Å². The van der Waals surface area contributed by atoms with Gasteiger partial charge in [0.05, 0.1) is 11.1 Å². The van der Waals surface area contributed by atoms with Crippen molar-refractivity contribution in [1.82, 2.24) is 14.6 Å². The topological polar surface area (TPSA) is 89.3 Å². The van der Waals surface area contributed by atoms with E-state index in [1.165, 1.54) is 19.3 Å². The van der Waals surface area contributed by atoms with Crippen LogP contribution in [0.4, 0.5) is 0 Å². The van der Waals surface area contributed by atoms with Gasteiger partial charge < -0.3 is 0 Å². The zero-order valence-corrected chi connectivity index (χ0v) is 17.4. The van der Waals surface area contributed by atoms with Gasteiger partial charge in [-0.05, 0) is 28.5 Å². The molecule has 1 amide bonds. The molecule has 9 heteroatoms. The fourth-order valence-corrected chi connectivity index (χ4v) is 3.88. The van der Waals surface area contributed by atoms with Crippen LogP contribution in [0.15, 0.2) is 72.3 Å². The average molecular weight is 433 g/mol. The largest absolute Gasteiger partial charge is 0.396 e. The Morgan fingerprint density at radius 1 is 1.17 bits per heavy atom. The van der Waals surface area contributed by atoms with E-state index in [2.05, 4.69) is 11.7 Å². The van der Waals surface area contributed by atoms with E-state index in [0.717, 1.165) is 17.1 Å². The Hall–Kier alpha value is -2.78. The number of benzene rings is 2. The van der Waals surface area contributed by atoms with Crippen molar-refractivity contribution in [2.45, 2.75) is 4.90 Å². The molecule has 0 aliphatic carbocycles. The number of likely N-dealkylation sites (N-methyl/N-ethyl adjacent to an activating group) is 1. The van der Waals surface area contributed by atoms with Crippen LogP contribution in [0.25, 0.3) is 22.4 Å². The second-order valence-electron chi connectivity index (χ2n) is 6.54. The van der Waals surface area contributed by atoms with Gasteiger partial charge >= 0.3 is 5.91 Å². The number of quaternary nitrogens is 1. The van der Waals surface area contributed by atoms with Gasteiger partial charge in [0.2, 0.25) is 0 Å². The highest BCUT2D eigenvalue weighted by atomic mass is 35.5. The number of sulfone groups is 1.